The Morgan fingerprint density at radius 3 is 2.85 bits per heavy atom. The molecule has 70 valence electrons. The molecule has 1 aliphatic rings. The van der Waals surface area contributed by atoms with Crippen molar-refractivity contribution in [1.82, 2.24) is 4.98 Å². The third-order valence-corrected chi connectivity index (χ3v) is 2.76. The van der Waals surface area contributed by atoms with E-state index in [9.17, 15) is 4.79 Å². The Bertz CT molecular complexity index is 301. The Balaban J connectivity index is 2.20. The highest BCUT2D eigenvalue weighted by Gasteiger charge is 2.43. The minimum atomic E-state index is -0.767. The van der Waals surface area contributed by atoms with Gasteiger partial charge < -0.3 is 9.52 Å². The second-order valence-electron chi connectivity index (χ2n) is 3.57. The van der Waals surface area contributed by atoms with Gasteiger partial charge in [0.1, 0.15) is 5.76 Å². The van der Waals surface area contributed by atoms with Crippen molar-refractivity contribution in [3.8, 4) is 0 Å². The minimum Gasteiger partial charge on any atom is -0.481 e. The van der Waals surface area contributed by atoms with Crippen LogP contribution in [0, 0.1) is 0 Å². The van der Waals surface area contributed by atoms with E-state index in [1.165, 1.54) is 6.39 Å². The average molecular weight is 181 g/mol. The largest absolute Gasteiger partial charge is 0.481 e. The van der Waals surface area contributed by atoms with Gasteiger partial charge in [0, 0.05) is 5.41 Å². The second-order valence-corrected chi connectivity index (χ2v) is 3.57. The molecule has 0 atom stereocenters. The second kappa shape index (κ2) is 2.87. The summed E-state index contributed by atoms with van der Waals surface area (Å²) >= 11 is 0. The third kappa shape index (κ3) is 1.32. The number of aliphatic carboxylic acids is 1. The van der Waals surface area contributed by atoms with Crippen LogP contribution in [0.25, 0.3) is 0 Å². The summed E-state index contributed by atoms with van der Waals surface area (Å²) in [6.07, 6.45) is 6.01. The van der Waals surface area contributed by atoms with E-state index in [0.29, 0.717) is 0 Å². The Hall–Kier alpha value is -1.32. The molecule has 0 aliphatic heterocycles. The fourth-order valence-electron chi connectivity index (χ4n) is 1.88. The van der Waals surface area contributed by atoms with E-state index in [1.807, 2.05) is 0 Å². The number of aromatic nitrogens is 1. The summed E-state index contributed by atoms with van der Waals surface area (Å²) in [6, 6.07) is 0. The molecule has 1 aromatic heterocycles. The van der Waals surface area contributed by atoms with Crippen molar-refractivity contribution in [2.24, 2.45) is 0 Å². The van der Waals surface area contributed by atoms with Crippen LogP contribution in [0.4, 0.5) is 0 Å². The smallest absolute Gasteiger partial charge is 0.304 e. The number of hydrogen-bond donors (Lipinski definition) is 1. The van der Waals surface area contributed by atoms with E-state index in [1.54, 1.807) is 6.20 Å². The number of carbonyl (C=O) groups is 1. The topological polar surface area (TPSA) is 63.3 Å². The first-order chi connectivity index (χ1) is 6.23. The van der Waals surface area contributed by atoms with Gasteiger partial charge in [0.15, 0.2) is 6.39 Å². The van der Waals surface area contributed by atoms with Gasteiger partial charge in [-0.2, -0.15) is 0 Å². The predicted molar refractivity (Wildman–Crippen MR) is 44.3 cm³/mol. The maximum Gasteiger partial charge on any atom is 0.304 e. The lowest BCUT2D eigenvalue weighted by Gasteiger charge is -2.38. The third-order valence-electron chi connectivity index (χ3n) is 2.76. The van der Waals surface area contributed by atoms with Gasteiger partial charge in [0.25, 0.3) is 0 Å². The molecule has 0 amide bonds. The van der Waals surface area contributed by atoms with Crippen molar-refractivity contribution in [3.63, 3.8) is 0 Å². The molecule has 13 heavy (non-hydrogen) atoms. The molecule has 1 aliphatic carbocycles. The maximum atomic E-state index is 10.6. The van der Waals surface area contributed by atoms with Crippen molar-refractivity contribution in [1.29, 1.82) is 0 Å². The molecule has 1 saturated carbocycles. The lowest BCUT2D eigenvalue weighted by Crippen LogP contribution is -2.36. The van der Waals surface area contributed by atoms with Gasteiger partial charge in [-0.25, -0.2) is 4.98 Å². The van der Waals surface area contributed by atoms with Crippen LogP contribution >= 0.6 is 0 Å². The van der Waals surface area contributed by atoms with E-state index in [4.69, 9.17) is 9.52 Å². The molecule has 1 N–H and O–H groups in total. The van der Waals surface area contributed by atoms with E-state index in [-0.39, 0.29) is 11.8 Å². The van der Waals surface area contributed by atoms with Crippen LogP contribution in [-0.4, -0.2) is 16.1 Å². The zero-order chi connectivity index (χ0) is 9.31. The van der Waals surface area contributed by atoms with Crippen LogP contribution in [0.2, 0.25) is 0 Å². The van der Waals surface area contributed by atoms with Gasteiger partial charge in [-0.3, -0.25) is 4.79 Å². The molecular weight excluding hydrogens is 170 g/mol. The van der Waals surface area contributed by atoms with Crippen molar-refractivity contribution >= 4 is 5.97 Å². The highest BCUT2D eigenvalue weighted by atomic mass is 16.4. The predicted octanol–water partition coefficient (Wildman–Crippen LogP) is 1.57. The van der Waals surface area contributed by atoms with Crippen LogP contribution < -0.4 is 0 Å². The molecule has 0 saturated heterocycles. The molecule has 0 aromatic carbocycles. The molecule has 2 rings (SSSR count). The van der Waals surface area contributed by atoms with E-state index in [2.05, 4.69) is 4.98 Å². The van der Waals surface area contributed by atoms with E-state index >= 15 is 0 Å². The van der Waals surface area contributed by atoms with Gasteiger partial charge in [0.05, 0.1) is 12.6 Å². The van der Waals surface area contributed by atoms with Gasteiger partial charge in [0.2, 0.25) is 0 Å². The van der Waals surface area contributed by atoms with E-state index < -0.39 is 5.97 Å². The standard InChI is InChI=1S/C9H11NO3/c11-8(12)4-9(2-1-3-9)7-5-10-6-13-7/h5-6H,1-4H2,(H,11,12). The van der Waals surface area contributed by atoms with Crippen molar-refractivity contribution in [2.45, 2.75) is 31.1 Å². The highest BCUT2D eigenvalue weighted by molar-refractivity contribution is 5.69. The molecular formula is C9H11NO3. The number of carboxylic acid groups (broad SMARTS) is 1. The zero-order valence-corrected chi connectivity index (χ0v) is 7.19. The molecule has 0 unspecified atom stereocenters. The SMILES string of the molecule is O=C(O)CC1(c2cnco2)CCC1. The fourth-order valence-corrected chi connectivity index (χ4v) is 1.88. The number of carboxylic acids is 1. The van der Waals surface area contributed by atoms with Crippen LogP contribution in [0.15, 0.2) is 17.0 Å². The lowest BCUT2D eigenvalue weighted by atomic mass is 9.65. The molecule has 4 nitrogen and oxygen atoms in total. The Kier molecular flexibility index (Phi) is 1.83. The van der Waals surface area contributed by atoms with Crippen molar-refractivity contribution in [3.05, 3.63) is 18.4 Å². The Morgan fingerprint density at radius 1 is 1.69 bits per heavy atom. The van der Waals surface area contributed by atoms with Crippen LogP contribution in [0.3, 0.4) is 0 Å². The van der Waals surface area contributed by atoms with Crippen LogP contribution in [0.5, 0.6) is 0 Å². The molecule has 1 fully saturated rings. The van der Waals surface area contributed by atoms with Crippen LogP contribution in [0.1, 0.15) is 31.4 Å². The first-order valence-corrected chi connectivity index (χ1v) is 4.34. The normalized spacial score (nSPS) is 19.4. The average Bonchev–Trinajstić information content (AvgIpc) is 2.48. The van der Waals surface area contributed by atoms with Gasteiger partial charge >= 0.3 is 5.97 Å². The van der Waals surface area contributed by atoms with Crippen LogP contribution in [-0.2, 0) is 10.2 Å². The summed E-state index contributed by atoms with van der Waals surface area (Å²) in [6.45, 7) is 0. The fraction of sp³-hybridized carbons (Fsp3) is 0.556. The highest BCUT2D eigenvalue weighted by Crippen LogP contribution is 2.46. The molecule has 0 spiro atoms. The summed E-state index contributed by atoms with van der Waals surface area (Å²) in [4.78, 5) is 14.5. The minimum absolute atomic E-state index is 0.155. The zero-order valence-electron chi connectivity index (χ0n) is 7.19. The quantitative estimate of drug-likeness (QED) is 0.768. The van der Waals surface area contributed by atoms with Gasteiger partial charge in [-0.15, -0.1) is 0 Å². The summed E-state index contributed by atoms with van der Waals surface area (Å²) in [7, 11) is 0. The molecule has 1 heterocycles. The van der Waals surface area contributed by atoms with E-state index in [0.717, 1.165) is 25.0 Å². The van der Waals surface area contributed by atoms with Crippen molar-refractivity contribution < 1.29 is 14.3 Å². The first kappa shape index (κ1) is 8.29. The van der Waals surface area contributed by atoms with Gasteiger partial charge in [-0.1, -0.05) is 6.42 Å². The summed E-state index contributed by atoms with van der Waals surface area (Å²) < 4.78 is 5.17. The van der Waals surface area contributed by atoms with Gasteiger partial charge in [-0.05, 0) is 12.8 Å². The first-order valence-electron chi connectivity index (χ1n) is 4.34. The molecule has 0 bridgehead atoms. The lowest BCUT2D eigenvalue weighted by molar-refractivity contribution is -0.139. The summed E-state index contributed by atoms with van der Waals surface area (Å²) in [5, 5.41) is 8.75. The number of hydrogen-bond acceptors (Lipinski definition) is 3. The molecule has 1 aromatic rings. The number of rotatable bonds is 3. The monoisotopic (exact) mass is 181 g/mol. The number of oxazole rings is 1. The maximum absolute atomic E-state index is 10.6. The molecule has 4 heteroatoms. The Labute approximate surface area is 75.6 Å². The molecule has 0 radical (unpaired) electrons. The Morgan fingerprint density at radius 2 is 2.46 bits per heavy atom. The number of nitrogens with zero attached hydrogens (tertiary/aromatic N) is 1. The summed E-state index contributed by atoms with van der Waals surface area (Å²) in [5.74, 6) is -0.0442. The van der Waals surface area contributed by atoms with Crippen molar-refractivity contribution in [2.75, 3.05) is 0 Å². The summed E-state index contributed by atoms with van der Waals surface area (Å²) in [5.41, 5.74) is -0.262.